The number of carbonyl (C=O) groups excluding carboxylic acids is 2. The largest absolute Gasteiger partial charge is 0.460 e. The van der Waals surface area contributed by atoms with Crippen LogP contribution in [0.5, 0.6) is 0 Å². The molecule has 0 saturated carbocycles. The van der Waals surface area contributed by atoms with Crippen LogP contribution in [0.3, 0.4) is 0 Å². The first-order valence-corrected chi connectivity index (χ1v) is 8.41. The summed E-state index contributed by atoms with van der Waals surface area (Å²) in [5.74, 6) is -1.57. The highest BCUT2D eigenvalue weighted by molar-refractivity contribution is 7.92. The van der Waals surface area contributed by atoms with Gasteiger partial charge < -0.3 is 9.47 Å². The van der Waals surface area contributed by atoms with E-state index >= 15 is 0 Å². The van der Waals surface area contributed by atoms with Crippen molar-refractivity contribution in [1.29, 1.82) is 0 Å². The molecule has 0 radical (unpaired) electrons. The van der Waals surface area contributed by atoms with Crippen LogP contribution in [0.25, 0.3) is 6.08 Å². The van der Waals surface area contributed by atoms with E-state index in [0.717, 1.165) is 5.41 Å². The Morgan fingerprint density at radius 1 is 1.17 bits per heavy atom. The highest BCUT2D eigenvalue weighted by Gasteiger charge is 2.12. The predicted octanol–water partition coefficient (Wildman–Crippen LogP) is 1.07. The fourth-order valence-corrected chi connectivity index (χ4v) is 2.18. The van der Waals surface area contributed by atoms with Crippen LogP contribution in [-0.4, -0.2) is 39.6 Å². The molecule has 23 heavy (non-hydrogen) atoms. The van der Waals surface area contributed by atoms with Gasteiger partial charge >= 0.3 is 11.9 Å². The van der Waals surface area contributed by atoms with Gasteiger partial charge in [0.2, 0.25) is 10.0 Å². The molecule has 126 valence electrons. The summed E-state index contributed by atoms with van der Waals surface area (Å²) in [4.78, 5) is 22.5. The van der Waals surface area contributed by atoms with Gasteiger partial charge in [-0.3, -0.25) is 4.79 Å². The molecule has 0 atom stereocenters. The van der Waals surface area contributed by atoms with Crippen molar-refractivity contribution in [1.82, 2.24) is 4.72 Å². The van der Waals surface area contributed by atoms with Gasteiger partial charge in [0.25, 0.3) is 0 Å². The summed E-state index contributed by atoms with van der Waals surface area (Å²) in [6, 6.07) is 8.83. The van der Waals surface area contributed by atoms with Gasteiger partial charge in [0.1, 0.15) is 6.54 Å². The number of nitrogens with one attached hydrogen (secondary N) is 1. The molecule has 1 rings (SSSR count). The van der Waals surface area contributed by atoms with Gasteiger partial charge in [0.15, 0.2) is 6.61 Å². The third-order valence-electron chi connectivity index (χ3n) is 2.38. The van der Waals surface area contributed by atoms with Gasteiger partial charge in [0, 0.05) is 5.41 Å². The van der Waals surface area contributed by atoms with Gasteiger partial charge in [-0.2, -0.15) is 0 Å². The molecule has 7 nitrogen and oxygen atoms in total. The fourth-order valence-electron chi connectivity index (χ4n) is 1.43. The van der Waals surface area contributed by atoms with Crippen LogP contribution in [0.2, 0.25) is 0 Å². The highest BCUT2D eigenvalue weighted by Crippen LogP contribution is 2.02. The maximum atomic E-state index is 11.7. The average molecular weight is 341 g/mol. The summed E-state index contributed by atoms with van der Waals surface area (Å²) in [5, 5.41) is 0.947. The second-order valence-electron chi connectivity index (χ2n) is 4.78. The number of esters is 2. The standard InChI is InChI=1S/C15H19NO6S/c1-12(2)22-15(18)11-21-14(17)10-16-23(19,20)9-8-13-6-4-3-5-7-13/h3-9,12,16H,10-11H2,1-2H3/b9-8+. The van der Waals surface area contributed by atoms with E-state index in [0.29, 0.717) is 5.56 Å². The first-order chi connectivity index (χ1) is 10.8. The quantitative estimate of drug-likeness (QED) is 0.710. The second-order valence-corrected chi connectivity index (χ2v) is 6.43. The number of carbonyl (C=O) groups is 2. The smallest absolute Gasteiger partial charge is 0.344 e. The molecule has 1 aromatic carbocycles. The molecule has 0 aliphatic heterocycles. The van der Waals surface area contributed by atoms with Crippen LogP contribution in [0.4, 0.5) is 0 Å². The van der Waals surface area contributed by atoms with Crippen LogP contribution in [-0.2, 0) is 29.1 Å². The van der Waals surface area contributed by atoms with E-state index < -0.39 is 35.1 Å². The molecule has 8 heteroatoms. The van der Waals surface area contributed by atoms with Crippen LogP contribution in [0.15, 0.2) is 35.7 Å². The van der Waals surface area contributed by atoms with Gasteiger partial charge in [-0.25, -0.2) is 17.9 Å². The minimum atomic E-state index is -3.78. The van der Waals surface area contributed by atoms with E-state index in [1.54, 1.807) is 38.1 Å². The Balaban J connectivity index is 2.39. The third kappa shape index (κ3) is 8.74. The van der Waals surface area contributed by atoms with Crippen molar-refractivity contribution in [2.45, 2.75) is 20.0 Å². The summed E-state index contributed by atoms with van der Waals surface area (Å²) in [6.07, 6.45) is 1.08. The summed E-state index contributed by atoms with van der Waals surface area (Å²) in [6.45, 7) is 2.19. The van der Waals surface area contributed by atoms with Gasteiger partial charge in [-0.1, -0.05) is 30.3 Å². The van der Waals surface area contributed by atoms with Crippen molar-refractivity contribution in [3.05, 3.63) is 41.3 Å². The van der Waals surface area contributed by atoms with Gasteiger partial charge in [-0.05, 0) is 25.5 Å². The van der Waals surface area contributed by atoms with Gasteiger partial charge in [-0.15, -0.1) is 0 Å². The number of sulfonamides is 1. The number of hydrogen-bond acceptors (Lipinski definition) is 6. The van der Waals surface area contributed by atoms with Crippen molar-refractivity contribution in [3.8, 4) is 0 Å². The zero-order valence-corrected chi connectivity index (χ0v) is 13.7. The van der Waals surface area contributed by atoms with E-state index in [2.05, 4.69) is 9.46 Å². The van der Waals surface area contributed by atoms with Crippen LogP contribution in [0, 0.1) is 0 Å². The van der Waals surface area contributed by atoms with Crippen molar-refractivity contribution >= 4 is 28.0 Å². The second kappa shape index (κ2) is 9.06. The molecular formula is C15H19NO6S. The van der Waals surface area contributed by atoms with Crippen LogP contribution >= 0.6 is 0 Å². The number of ether oxygens (including phenoxy) is 2. The molecule has 0 amide bonds. The lowest BCUT2D eigenvalue weighted by molar-refractivity contribution is -0.160. The molecule has 1 aromatic rings. The molecule has 0 spiro atoms. The maximum absolute atomic E-state index is 11.7. The van der Waals surface area contributed by atoms with Crippen LogP contribution in [0.1, 0.15) is 19.4 Å². The highest BCUT2D eigenvalue weighted by atomic mass is 32.2. The number of rotatable bonds is 8. The Morgan fingerprint density at radius 3 is 2.43 bits per heavy atom. The number of benzene rings is 1. The third-order valence-corrected chi connectivity index (χ3v) is 3.42. The van der Waals surface area contributed by atoms with Crippen molar-refractivity contribution < 1.29 is 27.5 Å². The molecule has 0 aromatic heterocycles. The summed E-state index contributed by atoms with van der Waals surface area (Å²) < 4.78 is 34.8. The zero-order valence-electron chi connectivity index (χ0n) is 12.9. The maximum Gasteiger partial charge on any atom is 0.344 e. The normalized spacial score (nSPS) is 11.6. The molecule has 0 aliphatic rings. The molecular weight excluding hydrogens is 322 g/mol. The number of hydrogen-bond donors (Lipinski definition) is 1. The first-order valence-electron chi connectivity index (χ1n) is 6.86. The first kappa shape index (κ1) is 18.9. The Kier molecular flexibility index (Phi) is 7.43. The van der Waals surface area contributed by atoms with Crippen molar-refractivity contribution in [2.24, 2.45) is 0 Å². The summed E-state index contributed by atoms with van der Waals surface area (Å²) in [7, 11) is -3.78. The lowest BCUT2D eigenvalue weighted by Crippen LogP contribution is -2.30. The van der Waals surface area contributed by atoms with E-state index in [1.807, 2.05) is 6.07 Å². The van der Waals surface area contributed by atoms with Crippen molar-refractivity contribution in [3.63, 3.8) is 0 Å². The Labute approximate surface area is 135 Å². The molecule has 1 N–H and O–H groups in total. The summed E-state index contributed by atoms with van der Waals surface area (Å²) in [5.41, 5.74) is 0.705. The van der Waals surface area contributed by atoms with Crippen LogP contribution < -0.4 is 4.72 Å². The molecule has 0 heterocycles. The van der Waals surface area contributed by atoms with Gasteiger partial charge in [0.05, 0.1) is 6.10 Å². The van der Waals surface area contributed by atoms with E-state index in [4.69, 9.17) is 4.74 Å². The Hall–Kier alpha value is -2.19. The molecule has 0 bridgehead atoms. The summed E-state index contributed by atoms with van der Waals surface area (Å²) >= 11 is 0. The van der Waals surface area contributed by atoms with E-state index in [1.165, 1.54) is 6.08 Å². The predicted molar refractivity (Wildman–Crippen MR) is 84.6 cm³/mol. The molecule has 0 saturated heterocycles. The fraction of sp³-hybridized carbons (Fsp3) is 0.333. The van der Waals surface area contributed by atoms with E-state index in [9.17, 15) is 18.0 Å². The topological polar surface area (TPSA) is 98.8 Å². The average Bonchev–Trinajstić information content (AvgIpc) is 2.49. The molecule has 0 fully saturated rings. The minimum absolute atomic E-state index is 0.317. The SMILES string of the molecule is CC(C)OC(=O)COC(=O)CNS(=O)(=O)/C=C/c1ccccc1. The zero-order chi connectivity index (χ0) is 17.3. The Bertz CT molecular complexity index is 652. The minimum Gasteiger partial charge on any atom is -0.460 e. The Morgan fingerprint density at radius 2 is 1.83 bits per heavy atom. The molecule has 0 unspecified atom stereocenters. The van der Waals surface area contributed by atoms with Crippen molar-refractivity contribution in [2.75, 3.05) is 13.2 Å². The molecule has 0 aliphatic carbocycles. The lowest BCUT2D eigenvalue weighted by Gasteiger charge is -2.08. The lowest BCUT2D eigenvalue weighted by atomic mass is 10.2. The van der Waals surface area contributed by atoms with E-state index in [-0.39, 0.29) is 6.10 Å². The monoisotopic (exact) mass is 341 g/mol.